The fourth-order valence-corrected chi connectivity index (χ4v) is 5.39. The number of carboxylic acid groups (broad SMARTS) is 1. The highest BCUT2D eigenvalue weighted by molar-refractivity contribution is 7.14. The first kappa shape index (κ1) is 42.2. The van der Waals surface area contributed by atoms with E-state index in [-0.39, 0.29) is 43.2 Å². The minimum absolute atomic E-state index is 0.0161. The summed E-state index contributed by atoms with van der Waals surface area (Å²) in [4.78, 5) is 86.0. The lowest BCUT2D eigenvalue weighted by atomic mass is 9.98. The maximum absolute atomic E-state index is 13.6. The van der Waals surface area contributed by atoms with Gasteiger partial charge >= 0.3 is 24.2 Å². The van der Waals surface area contributed by atoms with Crippen molar-refractivity contribution in [2.75, 3.05) is 11.9 Å². The van der Waals surface area contributed by atoms with Gasteiger partial charge in [-0.15, -0.1) is 11.3 Å². The van der Waals surface area contributed by atoms with Gasteiger partial charge in [-0.1, -0.05) is 5.16 Å². The molecule has 21 nitrogen and oxygen atoms in total. The second-order valence-corrected chi connectivity index (χ2v) is 16.7. The van der Waals surface area contributed by atoms with Crippen molar-refractivity contribution in [1.82, 2.24) is 41.2 Å². The molecule has 2 aromatic rings. The number of ether oxygens (including phenoxy) is 3. The number of oxime groups is 1. The van der Waals surface area contributed by atoms with Crippen LogP contribution < -0.4 is 26.6 Å². The van der Waals surface area contributed by atoms with E-state index in [0.717, 1.165) is 11.3 Å². The number of alkyl carbamates (subject to hydrolysis) is 2. The summed E-state index contributed by atoms with van der Waals surface area (Å²) in [6.45, 7) is 15.5. The highest BCUT2D eigenvalue weighted by atomic mass is 32.1. The second kappa shape index (κ2) is 16.4. The Hall–Kier alpha value is -5.54. The van der Waals surface area contributed by atoms with Crippen molar-refractivity contribution in [3.63, 3.8) is 0 Å². The van der Waals surface area contributed by atoms with E-state index in [9.17, 15) is 33.9 Å². The van der Waals surface area contributed by atoms with Crippen molar-refractivity contribution in [1.29, 1.82) is 0 Å². The molecular weight excluding hydrogens is 744 g/mol. The average Bonchev–Trinajstić information content (AvgIpc) is 3.44. The van der Waals surface area contributed by atoms with Gasteiger partial charge in [0, 0.05) is 24.8 Å². The largest absolute Gasteiger partial charge is 0.478 e. The van der Waals surface area contributed by atoms with E-state index in [1.54, 1.807) is 62.3 Å². The molecule has 0 spiro atoms. The molecule has 0 aromatic carbocycles. The van der Waals surface area contributed by atoms with Crippen molar-refractivity contribution in [2.45, 2.75) is 129 Å². The number of carbonyl (C=O) groups is 6. The van der Waals surface area contributed by atoms with Gasteiger partial charge in [0.25, 0.3) is 5.91 Å². The molecule has 2 aliphatic rings. The van der Waals surface area contributed by atoms with Crippen LogP contribution in [-0.4, -0.2) is 108 Å². The predicted octanol–water partition coefficient (Wildman–Crippen LogP) is 2.58. The summed E-state index contributed by atoms with van der Waals surface area (Å²) in [7, 11) is 0. The minimum atomic E-state index is -1.60. The van der Waals surface area contributed by atoms with Crippen molar-refractivity contribution in [3.8, 4) is 0 Å². The second-order valence-electron chi connectivity index (χ2n) is 15.8. The summed E-state index contributed by atoms with van der Waals surface area (Å²) >= 11 is 0.949. The van der Waals surface area contributed by atoms with E-state index in [1.807, 2.05) is 0 Å². The number of carboxylic acids is 1. The Morgan fingerprint density at radius 1 is 1.00 bits per heavy atom. The first-order valence-corrected chi connectivity index (χ1v) is 18.2. The maximum atomic E-state index is 13.6. The first-order valence-electron chi connectivity index (χ1n) is 17.3. The lowest BCUT2D eigenvalue weighted by Gasteiger charge is -2.36. The van der Waals surface area contributed by atoms with Crippen LogP contribution in [0.3, 0.4) is 0 Å². The molecule has 302 valence electrons. The quantitative estimate of drug-likeness (QED) is 0.0695. The maximum Gasteiger partial charge on any atom is 0.413 e. The highest BCUT2D eigenvalue weighted by Gasteiger charge is 2.55. The Morgan fingerprint density at radius 2 is 1.62 bits per heavy atom. The van der Waals surface area contributed by atoms with Gasteiger partial charge in [0.15, 0.2) is 10.8 Å². The van der Waals surface area contributed by atoms with Gasteiger partial charge in [-0.2, -0.15) is 15.0 Å². The number of nitrogens with one attached hydrogen (secondary N) is 5. The Kier molecular flexibility index (Phi) is 12.6. The van der Waals surface area contributed by atoms with Crippen LogP contribution in [-0.2, 0) is 40.0 Å². The van der Waals surface area contributed by atoms with Crippen LogP contribution in [0.25, 0.3) is 0 Å². The topological polar surface area (TPSA) is 276 Å². The van der Waals surface area contributed by atoms with Crippen LogP contribution >= 0.6 is 11.3 Å². The van der Waals surface area contributed by atoms with E-state index in [2.05, 4.69) is 46.9 Å². The Labute approximate surface area is 320 Å². The average molecular weight is 793 g/mol. The molecule has 3 heterocycles. The molecule has 1 saturated heterocycles. The number of aliphatic carboxylic acids is 1. The van der Waals surface area contributed by atoms with E-state index >= 15 is 0 Å². The molecular formula is C33H48N10O11S. The van der Waals surface area contributed by atoms with Crippen LogP contribution in [0.5, 0.6) is 0 Å². The van der Waals surface area contributed by atoms with Gasteiger partial charge in [-0.3, -0.25) is 14.9 Å². The summed E-state index contributed by atoms with van der Waals surface area (Å²) in [6, 6.07) is -2.57. The number of hydrogen-bond donors (Lipinski definition) is 6. The number of nitrogens with zero attached hydrogens (tertiary/aromatic N) is 5. The van der Waals surface area contributed by atoms with Gasteiger partial charge in [0.2, 0.25) is 11.5 Å². The molecule has 55 heavy (non-hydrogen) atoms. The zero-order valence-corrected chi connectivity index (χ0v) is 32.9. The van der Waals surface area contributed by atoms with Crippen LogP contribution in [0.1, 0.15) is 99.0 Å². The third kappa shape index (κ3) is 12.8. The molecule has 0 bridgehead atoms. The normalized spacial score (nSPS) is 18.4. The number of β-lactam (4-membered cyclic amide) rings is 1. The summed E-state index contributed by atoms with van der Waals surface area (Å²) in [6.07, 6.45) is -0.204. The molecule has 6 N–H and O–H groups in total. The number of anilines is 1. The molecule has 2 aromatic heterocycles. The smallest absolute Gasteiger partial charge is 0.413 e. The van der Waals surface area contributed by atoms with Gasteiger partial charge in [-0.05, 0) is 68.7 Å². The summed E-state index contributed by atoms with van der Waals surface area (Å²) in [5.74, 6) is -2.69. The van der Waals surface area contributed by atoms with Gasteiger partial charge in [-0.25, -0.2) is 24.2 Å². The summed E-state index contributed by atoms with van der Waals surface area (Å²) in [5, 5.41) is 36.7. The van der Waals surface area contributed by atoms with Crippen LogP contribution in [0.15, 0.2) is 16.7 Å². The van der Waals surface area contributed by atoms with Crippen LogP contribution in [0.2, 0.25) is 0 Å². The summed E-state index contributed by atoms with van der Waals surface area (Å²) in [5.41, 5.74) is -4.05. The lowest BCUT2D eigenvalue weighted by Crippen LogP contribution is -2.70. The van der Waals surface area contributed by atoms with E-state index in [4.69, 9.17) is 19.0 Å². The van der Waals surface area contributed by atoms with E-state index in [0.29, 0.717) is 5.69 Å². The lowest BCUT2D eigenvalue weighted by molar-refractivity contribution is -0.153. The fraction of sp³-hybridized carbons (Fsp3) is 0.636. The molecule has 1 saturated carbocycles. The Bertz CT molecular complexity index is 1800. The number of carbonyl (C=O) groups excluding carboxylic acids is 5. The third-order valence-corrected chi connectivity index (χ3v) is 8.10. The number of rotatable bonds is 14. The van der Waals surface area contributed by atoms with E-state index in [1.165, 1.54) is 16.4 Å². The van der Waals surface area contributed by atoms with Crippen LogP contribution in [0, 0.1) is 0 Å². The van der Waals surface area contributed by atoms with Crippen LogP contribution in [0.4, 0.5) is 19.5 Å². The minimum Gasteiger partial charge on any atom is -0.478 e. The zero-order chi connectivity index (χ0) is 40.9. The van der Waals surface area contributed by atoms with Crippen molar-refractivity contribution < 1.29 is 52.9 Å². The molecule has 2 fully saturated rings. The highest BCUT2D eigenvalue weighted by Crippen LogP contribution is 2.40. The van der Waals surface area contributed by atoms with Gasteiger partial charge < -0.3 is 45.4 Å². The molecule has 3 atom stereocenters. The summed E-state index contributed by atoms with van der Waals surface area (Å²) < 4.78 is 15.9. The Morgan fingerprint density at radius 3 is 2.20 bits per heavy atom. The van der Waals surface area contributed by atoms with Crippen molar-refractivity contribution in [2.24, 2.45) is 5.16 Å². The first-order chi connectivity index (χ1) is 25.4. The Balaban J connectivity index is 1.46. The van der Waals surface area contributed by atoms with Crippen molar-refractivity contribution in [3.05, 3.63) is 23.0 Å². The number of hydrogen-bond acceptors (Lipinski definition) is 15. The van der Waals surface area contributed by atoms with E-state index < -0.39 is 82.3 Å². The predicted molar refractivity (Wildman–Crippen MR) is 194 cm³/mol. The molecule has 4 rings (SSSR count). The molecule has 1 aliphatic carbocycles. The number of thiazole rings is 1. The number of aromatic nitrogens is 4. The monoisotopic (exact) mass is 792 g/mol. The standard InChI is InChI=1S/C33H48N10O11S/c1-30(2,3)51-27(48)34-13-10-17(38-28(49)52-31(4,5)6)18-14-35-43(41-18)15-19-21(23(44)36-19)39-24(45)22(42-54-33(11-12-33)25(46)47)20-16-55-26(37-20)40-29(50)53-32(7,8)9/h14,16-17,19,21H,10-13,15H2,1-9H3,(H,34,48)(H,36,44)(H,38,49)(H,39,45)(H,46,47)(H,37,40,50)/b42-22-/t17-,19+,21-/m0/s1. The van der Waals surface area contributed by atoms with Gasteiger partial charge in [0.05, 0.1) is 24.8 Å². The molecule has 22 heteroatoms. The third-order valence-electron chi connectivity index (χ3n) is 7.34. The molecule has 0 unspecified atom stereocenters. The zero-order valence-electron chi connectivity index (χ0n) is 32.1. The van der Waals surface area contributed by atoms with Gasteiger partial charge in [0.1, 0.15) is 34.2 Å². The molecule has 5 amide bonds. The number of amides is 5. The van der Waals surface area contributed by atoms with Crippen molar-refractivity contribution >= 4 is 58.2 Å². The fourth-order valence-electron chi connectivity index (χ4n) is 4.71. The SMILES string of the molecule is CC(C)(C)OC(=O)NCC[C@H](NC(=O)OC(C)(C)C)c1cnn(C[C@H]2NC(=O)[C@H]2NC(=O)/C(=N\OC2(C(=O)O)CC2)c2csc(NC(=O)OC(C)(C)C)n2)n1. The molecule has 0 radical (unpaired) electrons. The molecule has 1 aliphatic heterocycles.